The summed E-state index contributed by atoms with van der Waals surface area (Å²) in [5, 5.41) is 9.07. The van der Waals surface area contributed by atoms with E-state index in [1.807, 2.05) is 44.7 Å². The molecule has 3 aliphatic rings. The summed E-state index contributed by atoms with van der Waals surface area (Å²) in [6.45, 7) is 12.0. The highest BCUT2D eigenvalue weighted by Gasteiger charge is 2.43. The number of aromatic nitrogens is 4. The number of amides is 1. The second kappa shape index (κ2) is 11.1. The summed E-state index contributed by atoms with van der Waals surface area (Å²) < 4.78 is 49.5. The van der Waals surface area contributed by atoms with Crippen molar-refractivity contribution < 1.29 is 22.7 Å². The lowest BCUT2D eigenvalue weighted by Crippen LogP contribution is -2.58. The fourth-order valence-corrected chi connectivity index (χ4v) is 6.64. The number of hydrogen-bond donors (Lipinski definition) is 2. The monoisotopic (exact) mass is 610 g/mol. The highest BCUT2D eigenvalue weighted by atomic mass is 19.3. The maximum atomic E-state index is 16.9. The van der Waals surface area contributed by atoms with Crippen LogP contribution >= 0.6 is 0 Å². The number of likely N-dealkylation sites (tertiary alicyclic amines) is 1. The van der Waals surface area contributed by atoms with Crippen LogP contribution in [0.5, 0.6) is 6.01 Å². The Hall–Kier alpha value is -4.13. The number of nitrogens with two attached hydrogens (primary N) is 1. The van der Waals surface area contributed by atoms with E-state index in [0.29, 0.717) is 52.9 Å². The number of carbonyl (C=O) groups excluding carboxylic acids is 1. The number of hydrogen-bond acceptors (Lipinski definition) is 8. The minimum Gasteiger partial charge on any atom is -0.462 e. The summed E-state index contributed by atoms with van der Waals surface area (Å²) in [6.07, 6.45) is 4.00. The van der Waals surface area contributed by atoms with Crippen molar-refractivity contribution >= 4 is 40.1 Å². The van der Waals surface area contributed by atoms with Gasteiger partial charge in [-0.2, -0.15) is 15.1 Å². The second-order valence-corrected chi connectivity index (χ2v) is 12.2. The molecule has 13 heteroatoms. The van der Waals surface area contributed by atoms with Crippen LogP contribution in [0, 0.1) is 18.7 Å². The molecule has 0 unspecified atom stereocenters. The number of nitrogens with zero attached hydrogens (tertiary/aromatic N) is 6. The lowest BCUT2D eigenvalue weighted by atomic mass is 9.84. The number of benzene rings is 1. The van der Waals surface area contributed by atoms with Gasteiger partial charge in [-0.3, -0.25) is 14.8 Å². The predicted molar refractivity (Wildman–Crippen MR) is 162 cm³/mol. The molecule has 3 N–H and O–H groups in total. The Balaban J connectivity index is 1.47. The molecule has 0 bridgehead atoms. The number of piperazine rings is 1. The number of nitrogen functional groups attached to an aromatic ring is 1. The van der Waals surface area contributed by atoms with Crippen LogP contribution in [-0.2, 0) is 4.79 Å². The Morgan fingerprint density at radius 2 is 1.98 bits per heavy atom. The van der Waals surface area contributed by atoms with Crippen molar-refractivity contribution in [2.75, 3.05) is 50.0 Å². The molecule has 0 saturated carbocycles. The summed E-state index contributed by atoms with van der Waals surface area (Å²) in [5.74, 6) is -2.61. The van der Waals surface area contributed by atoms with Gasteiger partial charge in [0, 0.05) is 47.9 Å². The molecule has 10 nitrogen and oxygen atoms in total. The average Bonchev–Trinajstić information content (AvgIpc) is 3.34. The number of H-pyrrole nitrogens is 1. The number of halogens is 3. The van der Waals surface area contributed by atoms with Gasteiger partial charge in [-0.1, -0.05) is 19.6 Å². The molecular weight excluding hydrogens is 573 g/mol. The van der Waals surface area contributed by atoms with Gasteiger partial charge in [0.05, 0.1) is 18.4 Å². The number of ether oxygens (including phenoxy) is 1. The lowest BCUT2D eigenvalue weighted by Gasteiger charge is -2.44. The van der Waals surface area contributed by atoms with E-state index in [1.54, 1.807) is 9.80 Å². The van der Waals surface area contributed by atoms with Gasteiger partial charge in [0.25, 0.3) is 5.92 Å². The van der Waals surface area contributed by atoms with Gasteiger partial charge in [0.2, 0.25) is 5.91 Å². The van der Waals surface area contributed by atoms with E-state index in [4.69, 9.17) is 15.5 Å². The van der Waals surface area contributed by atoms with Gasteiger partial charge >= 0.3 is 6.01 Å². The molecule has 1 aromatic carbocycles. The summed E-state index contributed by atoms with van der Waals surface area (Å²) in [7, 11) is 0. The molecule has 234 valence electrons. The predicted octanol–water partition coefficient (Wildman–Crippen LogP) is 2.34. The molecule has 3 atom stereocenters. The van der Waals surface area contributed by atoms with Crippen LogP contribution in [-0.4, -0.2) is 93.2 Å². The largest absolute Gasteiger partial charge is 0.462 e. The van der Waals surface area contributed by atoms with Crippen LogP contribution in [0.4, 0.5) is 24.8 Å². The third-order valence-electron chi connectivity index (χ3n) is 8.88. The number of nitrogens with one attached hydrogen (secondary N) is 1. The van der Waals surface area contributed by atoms with Crippen LogP contribution in [0.1, 0.15) is 38.3 Å². The Morgan fingerprint density at radius 1 is 1.23 bits per heavy atom. The van der Waals surface area contributed by atoms with Crippen LogP contribution in [0.25, 0.3) is 22.6 Å². The van der Waals surface area contributed by atoms with Gasteiger partial charge < -0.3 is 20.3 Å². The first kappa shape index (κ1) is 29.9. The van der Waals surface area contributed by atoms with Gasteiger partial charge in [-0.15, -0.1) is 0 Å². The van der Waals surface area contributed by atoms with Gasteiger partial charge in [0.1, 0.15) is 17.9 Å². The molecule has 0 radical (unpaired) electrons. The molecule has 44 heavy (non-hydrogen) atoms. The van der Waals surface area contributed by atoms with E-state index in [9.17, 15) is 13.6 Å². The number of aryl methyl sites for hydroxylation is 1. The smallest absolute Gasteiger partial charge is 0.319 e. The quantitative estimate of drug-likeness (QED) is 0.392. The lowest BCUT2D eigenvalue weighted by molar-refractivity contribution is -0.132. The molecule has 2 saturated heterocycles. The van der Waals surface area contributed by atoms with Crippen molar-refractivity contribution in [3.05, 3.63) is 46.2 Å². The molecule has 6 rings (SSSR count). The topological polar surface area (TPSA) is 116 Å². The van der Waals surface area contributed by atoms with Crippen LogP contribution < -0.4 is 25.9 Å². The van der Waals surface area contributed by atoms with Crippen molar-refractivity contribution in [2.24, 2.45) is 5.92 Å². The fraction of sp³-hybridized carbons (Fsp3) is 0.484. The van der Waals surface area contributed by atoms with E-state index < -0.39 is 11.7 Å². The van der Waals surface area contributed by atoms with Crippen LogP contribution in [0.3, 0.4) is 0 Å². The minimum absolute atomic E-state index is 0.0314. The molecule has 1 aliphatic carbocycles. The Bertz CT molecular complexity index is 1770. The SMILES string of the molecule is C=CC(=O)N1C[C@H](C)N(c2nc(OCCN3CC(F)(F)C3)nc3c(F)c(C4=c5c(N)n[nH]c5=CC[C@@H]4C)c(C)cc23)C[C@H]1C. The van der Waals surface area contributed by atoms with Crippen molar-refractivity contribution in [2.45, 2.75) is 52.1 Å². The highest BCUT2D eigenvalue weighted by Crippen LogP contribution is 2.38. The fourth-order valence-electron chi connectivity index (χ4n) is 6.64. The van der Waals surface area contributed by atoms with Crippen molar-refractivity contribution in [1.29, 1.82) is 0 Å². The number of anilines is 2. The second-order valence-electron chi connectivity index (χ2n) is 12.2. The van der Waals surface area contributed by atoms with E-state index in [1.165, 1.54) is 6.08 Å². The molecule has 4 heterocycles. The van der Waals surface area contributed by atoms with Gasteiger partial charge in [-0.25, -0.2) is 13.2 Å². The first-order valence-electron chi connectivity index (χ1n) is 14.9. The zero-order valence-corrected chi connectivity index (χ0v) is 25.3. The van der Waals surface area contributed by atoms with Crippen molar-refractivity contribution in [3.63, 3.8) is 0 Å². The number of fused-ring (bicyclic) bond motifs is 2. The maximum Gasteiger partial charge on any atom is 0.319 e. The van der Waals surface area contributed by atoms with E-state index in [-0.39, 0.29) is 61.7 Å². The number of rotatable bonds is 7. The number of alkyl halides is 2. The average molecular weight is 611 g/mol. The zero-order valence-electron chi connectivity index (χ0n) is 25.3. The summed E-state index contributed by atoms with van der Waals surface area (Å²) >= 11 is 0. The van der Waals surface area contributed by atoms with Crippen molar-refractivity contribution in [1.82, 2.24) is 30.0 Å². The number of carbonyl (C=O) groups is 1. The van der Waals surface area contributed by atoms with Gasteiger partial charge in [-0.05, 0) is 56.4 Å². The maximum absolute atomic E-state index is 16.9. The molecule has 2 fully saturated rings. The van der Waals surface area contributed by atoms with Crippen LogP contribution in [0.2, 0.25) is 0 Å². The van der Waals surface area contributed by atoms with Gasteiger partial charge in [0.15, 0.2) is 11.6 Å². The summed E-state index contributed by atoms with van der Waals surface area (Å²) in [5.41, 5.74) is 8.20. The van der Waals surface area contributed by atoms with E-state index in [0.717, 1.165) is 10.9 Å². The molecule has 2 aromatic heterocycles. The Kier molecular flexibility index (Phi) is 7.55. The normalized spacial score (nSPS) is 23.2. The Morgan fingerprint density at radius 3 is 2.68 bits per heavy atom. The first-order chi connectivity index (χ1) is 20.9. The minimum atomic E-state index is -2.68. The third-order valence-corrected chi connectivity index (χ3v) is 8.88. The first-order valence-corrected chi connectivity index (χ1v) is 14.9. The number of aromatic amines is 1. The van der Waals surface area contributed by atoms with Crippen molar-refractivity contribution in [3.8, 4) is 6.01 Å². The molecule has 1 amide bonds. The summed E-state index contributed by atoms with van der Waals surface area (Å²) in [4.78, 5) is 27.1. The zero-order chi connectivity index (χ0) is 31.5. The third kappa shape index (κ3) is 5.16. The van der Waals surface area contributed by atoms with E-state index >= 15 is 4.39 Å². The standard InChI is InChI=1S/C31H37F3N8O2/c1-6-22(43)41-12-19(5)42(13-18(41)4)29-20-11-17(3)24(23-16(2)7-8-21-25(23)28(35)39-38-21)26(32)27(20)36-30(37-29)44-10-9-40-14-31(33,34)15-40/h6,8,11,16,18-19,38H,1,7,9-10,12-15H2,2-5H3,(H2,35,39)/t16-,18+,19-/m0/s1. The molecule has 3 aromatic rings. The Labute approximate surface area is 253 Å². The molecular formula is C31H37F3N8O2. The molecule has 2 aliphatic heterocycles. The molecule has 0 spiro atoms. The summed E-state index contributed by atoms with van der Waals surface area (Å²) in [6, 6.07) is 1.52. The highest BCUT2D eigenvalue weighted by molar-refractivity contribution is 5.95. The van der Waals surface area contributed by atoms with Crippen LogP contribution in [0.15, 0.2) is 18.7 Å². The van der Waals surface area contributed by atoms with E-state index in [2.05, 4.69) is 21.8 Å².